The van der Waals surface area contributed by atoms with Crippen molar-refractivity contribution in [1.29, 1.82) is 0 Å². The number of quaternary nitrogens is 1. The van der Waals surface area contributed by atoms with Gasteiger partial charge in [0.25, 0.3) is 0 Å². The van der Waals surface area contributed by atoms with Gasteiger partial charge in [0, 0.05) is 0 Å². The van der Waals surface area contributed by atoms with Crippen LogP contribution in [-0.2, 0) is 0 Å². The zero-order valence-electron chi connectivity index (χ0n) is 12.2. The first-order chi connectivity index (χ1) is 8.28. The molecule has 1 rings (SSSR count). The number of aryl methyl sites for hydroxylation is 2. The summed E-state index contributed by atoms with van der Waals surface area (Å²) in [5, 5.41) is 12.0. The molecule has 0 spiro atoms. The van der Waals surface area contributed by atoms with Gasteiger partial charge in [0.2, 0.25) is 0 Å². The molecule has 0 saturated heterocycles. The van der Waals surface area contributed by atoms with Crippen LogP contribution in [0, 0.1) is 13.8 Å². The van der Waals surface area contributed by atoms with Crippen molar-refractivity contribution in [2.24, 2.45) is 0 Å². The molecule has 102 valence electrons. The van der Waals surface area contributed by atoms with Crippen LogP contribution in [0.1, 0.15) is 31.9 Å². The molecule has 0 amide bonds. The molecule has 3 N–H and O–H groups in total. The average molecular weight is 252 g/mol. The quantitative estimate of drug-likeness (QED) is 0.832. The first-order valence-corrected chi connectivity index (χ1v) is 6.50. The van der Waals surface area contributed by atoms with Crippen LogP contribution in [-0.4, -0.2) is 29.9 Å². The van der Waals surface area contributed by atoms with E-state index < -0.39 is 6.10 Å². The minimum Gasteiger partial charge on any atom is -0.490 e. The summed E-state index contributed by atoms with van der Waals surface area (Å²) in [6.45, 7) is 11.5. The van der Waals surface area contributed by atoms with Gasteiger partial charge >= 0.3 is 0 Å². The minimum atomic E-state index is -0.441. The molecule has 0 aliphatic heterocycles. The van der Waals surface area contributed by atoms with E-state index in [0.717, 1.165) is 11.3 Å². The van der Waals surface area contributed by atoms with E-state index in [1.54, 1.807) is 0 Å². The normalized spacial score (nSPS) is 13.4. The Morgan fingerprint density at radius 1 is 1.28 bits per heavy atom. The Morgan fingerprint density at radius 2 is 1.94 bits per heavy atom. The summed E-state index contributed by atoms with van der Waals surface area (Å²) in [6.07, 6.45) is -0.441. The molecule has 0 aliphatic carbocycles. The lowest BCUT2D eigenvalue weighted by Crippen LogP contribution is -2.96. The summed E-state index contributed by atoms with van der Waals surface area (Å²) in [6, 6.07) is 6.11. The van der Waals surface area contributed by atoms with E-state index in [1.165, 1.54) is 5.56 Å². The number of aliphatic hydroxyl groups excluding tert-OH is 1. The molecular formula is C15H26NO2+. The molecular weight excluding hydrogens is 226 g/mol. The molecule has 1 aromatic carbocycles. The second-order valence-electron chi connectivity index (χ2n) is 6.04. The molecule has 0 radical (unpaired) electrons. The van der Waals surface area contributed by atoms with Gasteiger partial charge in [-0.1, -0.05) is 12.1 Å². The Hall–Kier alpha value is -1.06. The van der Waals surface area contributed by atoms with E-state index in [2.05, 4.69) is 32.2 Å². The Morgan fingerprint density at radius 3 is 2.56 bits per heavy atom. The molecule has 1 unspecified atom stereocenters. The maximum absolute atomic E-state index is 9.88. The SMILES string of the molecule is Cc1ccc(C)c(OCC(O)C[NH2+]C(C)(C)C)c1. The molecule has 0 aromatic heterocycles. The van der Waals surface area contributed by atoms with Crippen LogP contribution in [0.2, 0.25) is 0 Å². The van der Waals surface area contributed by atoms with Gasteiger partial charge in [-0.25, -0.2) is 0 Å². The molecule has 1 atom stereocenters. The largest absolute Gasteiger partial charge is 0.490 e. The Labute approximate surface area is 110 Å². The number of nitrogens with two attached hydrogens (primary N) is 1. The van der Waals surface area contributed by atoms with Gasteiger partial charge in [-0.2, -0.15) is 0 Å². The summed E-state index contributed by atoms with van der Waals surface area (Å²) in [7, 11) is 0. The third-order valence-corrected chi connectivity index (χ3v) is 2.78. The van der Waals surface area contributed by atoms with Crippen molar-refractivity contribution < 1.29 is 15.2 Å². The van der Waals surface area contributed by atoms with E-state index in [0.29, 0.717) is 13.2 Å². The third kappa shape index (κ3) is 5.52. The monoisotopic (exact) mass is 252 g/mol. The maximum Gasteiger partial charge on any atom is 0.137 e. The molecule has 0 fully saturated rings. The molecule has 0 heterocycles. The minimum absolute atomic E-state index is 0.139. The van der Waals surface area contributed by atoms with Gasteiger partial charge in [0.15, 0.2) is 0 Å². The summed E-state index contributed by atoms with van der Waals surface area (Å²) < 4.78 is 5.67. The predicted octanol–water partition coefficient (Wildman–Crippen LogP) is 1.41. The summed E-state index contributed by atoms with van der Waals surface area (Å²) in [5.41, 5.74) is 2.42. The fourth-order valence-electron chi connectivity index (χ4n) is 1.61. The van der Waals surface area contributed by atoms with Gasteiger partial charge in [0.05, 0.1) is 5.54 Å². The number of aliphatic hydroxyl groups is 1. The van der Waals surface area contributed by atoms with Crippen molar-refractivity contribution in [3.05, 3.63) is 29.3 Å². The molecule has 3 nitrogen and oxygen atoms in total. The number of rotatable bonds is 5. The first kappa shape index (κ1) is 15.0. The molecule has 18 heavy (non-hydrogen) atoms. The van der Waals surface area contributed by atoms with Crippen LogP contribution in [0.25, 0.3) is 0 Å². The van der Waals surface area contributed by atoms with Crippen molar-refractivity contribution in [2.45, 2.75) is 46.3 Å². The second-order valence-corrected chi connectivity index (χ2v) is 6.04. The van der Waals surface area contributed by atoms with Crippen molar-refractivity contribution in [1.82, 2.24) is 0 Å². The smallest absolute Gasteiger partial charge is 0.137 e. The van der Waals surface area contributed by atoms with Crippen LogP contribution >= 0.6 is 0 Å². The number of hydrogen-bond donors (Lipinski definition) is 2. The molecule has 0 bridgehead atoms. The van der Waals surface area contributed by atoms with Gasteiger partial charge in [-0.3, -0.25) is 0 Å². The molecule has 0 aliphatic rings. The van der Waals surface area contributed by atoms with Gasteiger partial charge in [-0.15, -0.1) is 0 Å². The zero-order chi connectivity index (χ0) is 13.8. The zero-order valence-corrected chi connectivity index (χ0v) is 12.2. The average Bonchev–Trinajstić information content (AvgIpc) is 2.26. The highest BCUT2D eigenvalue weighted by atomic mass is 16.5. The van der Waals surface area contributed by atoms with E-state index >= 15 is 0 Å². The van der Waals surface area contributed by atoms with Gasteiger partial charge in [0.1, 0.15) is 25.0 Å². The summed E-state index contributed by atoms with van der Waals surface area (Å²) in [5.74, 6) is 0.866. The highest BCUT2D eigenvalue weighted by Crippen LogP contribution is 2.19. The highest BCUT2D eigenvalue weighted by Gasteiger charge is 2.16. The van der Waals surface area contributed by atoms with Crippen LogP contribution in [0.4, 0.5) is 0 Å². The van der Waals surface area contributed by atoms with Crippen LogP contribution < -0.4 is 10.1 Å². The van der Waals surface area contributed by atoms with E-state index in [4.69, 9.17) is 4.74 Å². The lowest BCUT2D eigenvalue weighted by molar-refractivity contribution is -0.722. The van der Waals surface area contributed by atoms with Crippen molar-refractivity contribution in [3.8, 4) is 5.75 Å². The van der Waals surface area contributed by atoms with Crippen molar-refractivity contribution in [3.63, 3.8) is 0 Å². The van der Waals surface area contributed by atoms with E-state index in [1.807, 2.05) is 26.0 Å². The summed E-state index contributed by atoms with van der Waals surface area (Å²) in [4.78, 5) is 0. The first-order valence-electron chi connectivity index (χ1n) is 6.50. The predicted molar refractivity (Wildman–Crippen MR) is 74.0 cm³/mol. The molecule has 0 saturated carbocycles. The van der Waals surface area contributed by atoms with Crippen LogP contribution in [0.3, 0.4) is 0 Å². The van der Waals surface area contributed by atoms with Crippen molar-refractivity contribution in [2.75, 3.05) is 13.2 Å². The number of benzene rings is 1. The van der Waals surface area contributed by atoms with E-state index in [9.17, 15) is 5.11 Å². The Kier molecular flexibility index (Phi) is 5.17. The number of ether oxygens (including phenoxy) is 1. The molecule has 1 aromatic rings. The Bertz CT molecular complexity index is 383. The number of hydrogen-bond acceptors (Lipinski definition) is 2. The van der Waals surface area contributed by atoms with Crippen LogP contribution in [0.15, 0.2) is 18.2 Å². The fraction of sp³-hybridized carbons (Fsp3) is 0.600. The van der Waals surface area contributed by atoms with E-state index in [-0.39, 0.29) is 5.54 Å². The third-order valence-electron chi connectivity index (χ3n) is 2.78. The topological polar surface area (TPSA) is 46.1 Å². The van der Waals surface area contributed by atoms with Crippen LogP contribution in [0.5, 0.6) is 5.75 Å². The standard InChI is InChI=1S/C15H25NO2/c1-11-6-7-12(2)14(8-11)18-10-13(17)9-16-15(3,4)5/h6-8,13,16-17H,9-10H2,1-5H3/p+1. The summed E-state index contributed by atoms with van der Waals surface area (Å²) >= 11 is 0. The maximum atomic E-state index is 9.88. The lowest BCUT2D eigenvalue weighted by Gasteiger charge is -2.20. The Balaban J connectivity index is 2.42. The second kappa shape index (κ2) is 6.21. The van der Waals surface area contributed by atoms with Gasteiger partial charge in [-0.05, 0) is 51.8 Å². The van der Waals surface area contributed by atoms with Gasteiger partial charge < -0.3 is 15.2 Å². The molecule has 3 heteroatoms. The fourth-order valence-corrected chi connectivity index (χ4v) is 1.61. The highest BCUT2D eigenvalue weighted by molar-refractivity contribution is 5.35. The van der Waals surface area contributed by atoms with Crippen molar-refractivity contribution >= 4 is 0 Å². The lowest BCUT2D eigenvalue weighted by atomic mass is 10.1.